The fraction of sp³-hybridized carbons (Fsp3) is 0.562. The summed E-state index contributed by atoms with van der Waals surface area (Å²) in [4.78, 5) is 12.0. The van der Waals surface area contributed by atoms with Gasteiger partial charge >= 0.3 is 0 Å². The van der Waals surface area contributed by atoms with Crippen LogP contribution in [0.3, 0.4) is 0 Å². The van der Waals surface area contributed by atoms with Crippen molar-refractivity contribution >= 4 is 31.6 Å². The van der Waals surface area contributed by atoms with Gasteiger partial charge in [-0.2, -0.15) is 8.61 Å². The quantitative estimate of drug-likeness (QED) is 0.602. The number of sulfonamides is 2. The summed E-state index contributed by atoms with van der Waals surface area (Å²) >= 11 is 0. The van der Waals surface area contributed by atoms with Crippen LogP contribution in [0.5, 0.6) is 5.75 Å². The summed E-state index contributed by atoms with van der Waals surface area (Å²) < 4.78 is 56.2. The standard InChI is InChI=1S/C16H27N3O6S2/c1-6-19(7-2)27(23,24)15-11-13(9-10-14(15)25-8-3)17-16(20)12-18(4)26(5,21)22/h9-11H,6-8,12H2,1-5H3,(H,17,20). The van der Waals surface area contributed by atoms with Crippen molar-refractivity contribution in [2.24, 2.45) is 0 Å². The van der Waals surface area contributed by atoms with E-state index in [1.165, 1.54) is 29.6 Å². The molecule has 0 saturated carbocycles. The van der Waals surface area contributed by atoms with E-state index < -0.39 is 26.0 Å². The first-order valence-electron chi connectivity index (χ1n) is 8.45. The first-order valence-corrected chi connectivity index (χ1v) is 11.7. The normalized spacial score (nSPS) is 12.4. The van der Waals surface area contributed by atoms with Gasteiger partial charge in [0.2, 0.25) is 26.0 Å². The third-order valence-electron chi connectivity index (χ3n) is 3.78. The molecule has 0 aliphatic rings. The molecular weight excluding hydrogens is 394 g/mol. The molecule has 1 rings (SSSR count). The smallest absolute Gasteiger partial charge is 0.246 e. The number of carbonyl (C=O) groups excluding carboxylic acids is 1. The molecule has 27 heavy (non-hydrogen) atoms. The number of rotatable bonds is 10. The molecule has 1 aromatic carbocycles. The predicted octanol–water partition coefficient (Wildman–Crippen LogP) is 0.946. The Hall–Kier alpha value is -1.69. The number of nitrogens with zero attached hydrogens (tertiary/aromatic N) is 2. The number of benzene rings is 1. The first-order chi connectivity index (χ1) is 12.5. The van der Waals surface area contributed by atoms with Crippen LogP contribution in [0.1, 0.15) is 20.8 Å². The Balaban J connectivity index is 3.21. The van der Waals surface area contributed by atoms with Gasteiger partial charge in [0.1, 0.15) is 10.6 Å². The van der Waals surface area contributed by atoms with Gasteiger partial charge in [0.05, 0.1) is 19.4 Å². The Morgan fingerprint density at radius 2 is 1.70 bits per heavy atom. The molecule has 1 aromatic rings. The minimum Gasteiger partial charge on any atom is -0.492 e. The monoisotopic (exact) mass is 421 g/mol. The highest BCUT2D eigenvalue weighted by molar-refractivity contribution is 7.89. The number of carbonyl (C=O) groups is 1. The zero-order chi connectivity index (χ0) is 20.8. The summed E-state index contributed by atoms with van der Waals surface area (Å²) in [6, 6.07) is 4.29. The summed E-state index contributed by atoms with van der Waals surface area (Å²) in [5, 5.41) is 2.52. The fourth-order valence-corrected chi connectivity index (χ4v) is 4.25. The van der Waals surface area contributed by atoms with Crippen LogP contribution in [-0.4, -0.2) is 70.9 Å². The van der Waals surface area contributed by atoms with Gasteiger partial charge in [0, 0.05) is 25.8 Å². The summed E-state index contributed by atoms with van der Waals surface area (Å²) in [7, 11) is -6.03. The van der Waals surface area contributed by atoms with E-state index in [4.69, 9.17) is 4.74 Å². The van der Waals surface area contributed by atoms with Gasteiger partial charge in [-0.15, -0.1) is 0 Å². The van der Waals surface area contributed by atoms with E-state index in [0.717, 1.165) is 10.6 Å². The van der Waals surface area contributed by atoms with Crippen molar-refractivity contribution in [1.29, 1.82) is 0 Å². The molecule has 0 radical (unpaired) electrons. The van der Waals surface area contributed by atoms with E-state index >= 15 is 0 Å². The molecule has 0 spiro atoms. The molecule has 9 nitrogen and oxygen atoms in total. The molecule has 0 aromatic heterocycles. The molecule has 0 unspecified atom stereocenters. The van der Waals surface area contributed by atoms with Gasteiger partial charge in [0.25, 0.3) is 0 Å². The molecule has 0 fully saturated rings. The number of amides is 1. The zero-order valence-electron chi connectivity index (χ0n) is 16.2. The second-order valence-electron chi connectivity index (χ2n) is 5.75. The molecule has 0 aliphatic heterocycles. The minimum absolute atomic E-state index is 0.0534. The predicted molar refractivity (Wildman–Crippen MR) is 104 cm³/mol. The van der Waals surface area contributed by atoms with Crippen LogP contribution in [0.25, 0.3) is 0 Å². The van der Waals surface area contributed by atoms with Crippen molar-refractivity contribution in [3.8, 4) is 5.75 Å². The van der Waals surface area contributed by atoms with Gasteiger partial charge in [-0.05, 0) is 25.1 Å². The van der Waals surface area contributed by atoms with Crippen LogP contribution >= 0.6 is 0 Å². The molecule has 11 heteroatoms. The maximum absolute atomic E-state index is 12.9. The molecule has 1 N–H and O–H groups in total. The fourth-order valence-electron chi connectivity index (χ4n) is 2.28. The van der Waals surface area contributed by atoms with Crippen molar-refractivity contribution < 1.29 is 26.4 Å². The van der Waals surface area contributed by atoms with Gasteiger partial charge in [-0.3, -0.25) is 4.79 Å². The molecule has 0 saturated heterocycles. The van der Waals surface area contributed by atoms with Crippen LogP contribution < -0.4 is 10.1 Å². The first kappa shape index (κ1) is 23.3. The van der Waals surface area contributed by atoms with E-state index in [0.29, 0.717) is 13.1 Å². The maximum atomic E-state index is 12.9. The minimum atomic E-state index is -3.81. The Labute approximate surface area is 161 Å². The summed E-state index contributed by atoms with van der Waals surface area (Å²) in [5.74, 6) is -0.395. The van der Waals surface area contributed by atoms with Gasteiger partial charge < -0.3 is 10.1 Å². The van der Waals surface area contributed by atoms with E-state index in [1.807, 2.05) is 0 Å². The van der Waals surface area contributed by atoms with E-state index in [2.05, 4.69) is 5.32 Å². The molecule has 0 bridgehead atoms. The lowest BCUT2D eigenvalue weighted by Crippen LogP contribution is -2.34. The van der Waals surface area contributed by atoms with Crippen LogP contribution in [0.4, 0.5) is 5.69 Å². The average Bonchev–Trinajstić information content (AvgIpc) is 2.56. The zero-order valence-corrected chi connectivity index (χ0v) is 17.9. The maximum Gasteiger partial charge on any atom is 0.246 e. The Morgan fingerprint density at radius 1 is 1.11 bits per heavy atom. The number of anilines is 1. The Morgan fingerprint density at radius 3 is 2.19 bits per heavy atom. The SMILES string of the molecule is CCOc1ccc(NC(=O)CN(C)S(C)(=O)=O)cc1S(=O)(=O)N(CC)CC. The number of hydrogen-bond acceptors (Lipinski definition) is 6. The summed E-state index contributed by atoms with van der Waals surface area (Å²) in [6.45, 7) is 5.68. The van der Waals surface area contributed by atoms with E-state index in [9.17, 15) is 21.6 Å². The lowest BCUT2D eigenvalue weighted by Gasteiger charge is -2.21. The lowest BCUT2D eigenvalue weighted by atomic mass is 10.3. The van der Waals surface area contributed by atoms with Crippen molar-refractivity contribution in [3.05, 3.63) is 18.2 Å². The van der Waals surface area contributed by atoms with Gasteiger partial charge in [0.15, 0.2) is 0 Å². The average molecular weight is 422 g/mol. The number of nitrogens with one attached hydrogen (secondary N) is 1. The second-order valence-corrected chi connectivity index (χ2v) is 9.75. The Kier molecular flexibility index (Phi) is 8.21. The second kappa shape index (κ2) is 9.49. The molecule has 0 aliphatic carbocycles. The van der Waals surface area contributed by atoms with Crippen LogP contribution in [0, 0.1) is 0 Å². The van der Waals surface area contributed by atoms with Gasteiger partial charge in [-0.25, -0.2) is 16.8 Å². The molecular formula is C16H27N3O6S2. The largest absolute Gasteiger partial charge is 0.492 e. The van der Waals surface area contributed by atoms with Gasteiger partial charge in [-0.1, -0.05) is 13.8 Å². The number of likely N-dealkylation sites (N-methyl/N-ethyl adjacent to an activating group) is 1. The third-order valence-corrected chi connectivity index (χ3v) is 7.12. The number of ether oxygens (including phenoxy) is 1. The molecule has 1 amide bonds. The van der Waals surface area contributed by atoms with Crippen molar-refractivity contribution in [2.75, 3.05) is 44.9 Å². The van der Waals surface area contributed by atoms with Crippen molar-refractivity contribution in [2.45, 2.75) is 25.7 Å². The van der Waals surface area contributed by atoms with Crippen LogP contribution in [0.15, 0.2) is 23.1 Å². The third kappa shape index (κ3) is 6.16. The van der Waals surface area contributed by atoms with Crippen molar-refractivity contribution in [1.82, 2.24) is 8.61 Å². The topological polar surface area (TPSA) is 113 Å². The highest BCUT2D eigenvalue weighted by Crippen LogP contribution is 2.30. The van der Waals surface area contributed by atoms with E-state index in [1.54, 1.807) is 20.8 Å². The van der Waals surface area contributed by atoms with Crippen LogP contribution in [0.2, 0.25) is 0 Å². The highest BCUT2D eigenvalue weighted by Gasteiger charge is 2.26. The highest BCUT2D eigenvalue weighted by atomic mass is 32.2. The van der Waals surface area contributed by atoms with Crippen molar-refractivity contribution in [3.63, 3.8) is 0 Å². The lowest BCUT2D eigenvalue weighted by molar-refractivity contribution is -0.116. The Bertz CT molecular complexity index is 864. The summed E-state index contributed by atoms with van der Waals surface area (Å²) in [6.07, 6.45) is 0.992. The van der Waals surface area contributed by atoms with E-state index in [-0.39, 0.29) is 29.5 Å². The number of hydrogen-bond donors (Lipinski definition) is 1. The molecule has 154 valence electrons. The molecule has 0 heterocycles. The molecule has 0 atom stereocenters. The summed E-state index contributed by atoms with van der Waals surface area (Å²) in [5.41, 5.74) is 0.232. The van der Waals surface area contributed by atoms with Crippen LogP contribution in [-0.2, 0) is 24.8 Å².